The lowest BCUT2D eigenvalue weighted by Crippen LogP contribution is -2.41. The topological polar surface area (TPSA) is 89.9 Å². The minimum atomic E-state index is -1.04. The molecule has 0 aromatic carbocycles. The number of anilines is 2. The molecule has 1 N–H and O–H groups in total. The van der Waals surface area contributed by atoms with Gasteiger partial charge in [-0.2, -0.15) is 4.98 Å². The van der Waals surface area contributed by atoms with E-state index in [1.54, 1.807) is 4.90 Å². The Hall–Kier alpha value is -2.38. The van der Waals surface area contributed by atoms with Gasteiger partial charge in [0.25, 0.3) is 0 Å². The highest BCUT2D eigenvalue weighted by Gasteiger charge is 2.62. The Morgan fingerprint density at radius 2 is 2.07 bits per heavy atom. The monoisotopic (exact) mass is 373 g/mol. The largest absolute Gasteiger partial charge is 0.481 e. The zero-order valence-corrected chi connectivity index (χ0v) is 16.2. The Balaban J connectivity index is 1.62. The zero-order chi connectivity index (χ0) is 19.3. The fourth-order valence-electron chi connectivity index (χ4n) is 4.26. The van der Waals surface area contributed by atoms with Crippen molar-refractivity contribution in [3.63, 3.8) is 0 Å². The Kier molecular flexibility index (Phi) is 4.24. The van der Waals surface area contributed by atoms with Crippen molar-refractivity contribution in [2.24, 2.45) is 17.3 Å². The number of carbonyl (C=O) groups excluding carboxylic acids is 1. The van der Waals surface area contributed by atoms with Crippen LogP contribution in [0.2, 0.25) is 0 Å². The summed E-state index contributed by atoms with van der Waals surface area (Å²) in [5.74, 6) is 0.487. The average Bonchev–Trinajstić information content (AvgIpc) is 3.31. The summed E-state index contributed by atoms with van der Waals surface area (Å²) in [6.45, 7) is 3.77. The summed E-state index contributed by atoms with van der Waals surface area (Å²) in [5.41, 5.74) is -0.131. The van der Waals surface area contributed by atoms with Crippen molar-refractivity contribution < 1.29 is 14.7 Å². The molecule has 1 aromatic heterocycles. The van der Waals surface area contributed by atoms with Crippen LogP contribution in [0.4, 0.5) is 11.8 Å². The molecule has 146 valence electrons. The number of carboxylic acid groups (broad SMARTS) is 1. The number of rotatable bonds is 6. The zero-order valence-electron chi connectivity index (χ0n) is 16.2. The number of hydrogen-bond donors (Lipinski definition) is 1. The predicted molar refractivity (Wildman–Crippen MR) is 101 cm³/mol. The Morgan fingerprint density at radius 3 is 2.63 bits per heavy atom. The van der Waals surface area contributed by atoms with Gasteiger partial charge >= 0.3 is 5.97 Å². The van der Waals surface area contributed by atoms with Crippen LogP contribution in [0, 0.1) is 17.3 Å². The van der Waals surface area contributed by atoms with E-state index in [2.05, 4.69) is 9.97 Å². The van der Waals surface area contributed by atoms with Crippen LogP contribution in [0.5, 0.6) is 0 Å². The van der Waals surface area contributed by atoms with Gasteiger partial charge in [0, 0.05) is 52.0 Å². The van der Waals surface area contributed by atoms with E-state index in [9.17, 15) is 14.7 Å². The van der Waals surface area contributed by atoms with E-state index in [-0.39, 0.29) is 5.91 Å². The van der Waals surface area contributed by atoms with Gasteiger partial charge in [-0.05, 0) is 25.2 Å². The standard InChI is InChI=1S/C19H27N5O3/c1-4-13-7-15(21-18(20-13)22(2)3)23-9-14-16(25)24(8-12-5-6-12)11-19(14,10-23)17(26)27/h7,12,14H,4-6,8-11H2,1-3H3,(H,26,27)/t14-,19-/m0/s1. The van der Waals surface area contributed by atoms with Crippen LogP contribution in [-0.2, 0) is 16.0 Å². The number of amides is 1. The molecule has 1 saturated carbocycles. The number of fused-ring (bicyclic) bond motifs is 1. The van der Waals surface area contributed by atoms with Gasteiger partial charge in [0.2, 0.25) is 11.9 Å². The molecule has 3 heterocycles. The highest BCUT2D eigenvalue weighted by atomic mass is 16.4. The number of aliphatic carboxylic acids is 1. The molecule has 0 radical (unpaired) electrons. The van der Waals surface area contributed by atoms with Crippen molar-refractivity contribution >= 4 is 23.6 Å². The minimum absolute atomic E-state index is 0.00981. The number of likely N-dealkylation sites (tertiary alicyclic amines) is 1. The van der Waals surface area contributed by atoms with Gasteiger partial charge in [-0.1, -0.05) is 6.92 Å². The number of aromatic nitrogens is 2. The summed E-state index contributed by atoms with van der Waals surface area (Å²) in [4.78, 5) is 39.9. The lowest BCUT2D eigenvalue weighted by molar-refractivity contribution is -0.149. The lowest BCUT2D eigenvalue weighted by atomic mass is 9.81. The molecular weight excluding hydrogens is 346 g/mol. The van der Waals surface area contributed by atoms with Crippen molar-refractivity contribution in [1.29, 1.82) is 0 Å². The smallest absolute Gasteiger partial charge is 0.314 e. The summed E-state index contributed by atoms with van der Waals surface area (Å²) in [5, 5.41) is 10.0. The summed E-state index contributed by atoms with van der Waals surface area (Å²) in [7, 11) is 3.77. The third kappa shape index (κ3) is 3.00. The number of aryl methyl sites for hydroxylation is 1. The molecule has 0 spiro atoms. The summed E-state index contributed by atoms with van der Waals surface area (Å²) in [6, 6.07) is 1.91. The second-order valence-electron chi connectivity index (χ2n) is 8.32. The van der Waals surface area contributed by atoms with Crippen molar-refractivity contribution in [3.05, 3.63) is 11.8 Å². The van der Waals surface area contributed by atoms with E-state index in [4.69, 9.17) is 0 Å². The molecule has 1 amide bonds. The van der Waals surface area contributed by atoms with E-state index >= 15 is 0 Å². The van der Waals surface area contributed by atoms with Crippen LogP contribution in [0.15, 0.2) is 6.07 Å². The molecule has 8 heteroatoms. The quantitative estimate of drug-likeness (QED) is 0.791. The first-order valence-corrected chi connectivity index (χ1v) is 9.66. The van der Waals surface area contributed by atoms with Gasteiger partial charge in [0.15, 0.2) is 0 Å². The van der Waals surface area contributed by atoms with Crippen LogP contribution < -0.4 is 9.80 Å². The third-order valence-electron chi connectivity index (χ3n) is 6.07. The van der Waals surface area contributed by atoms with E-state index in [1.165, 1.54) is 0 Å². The van der Waals surface area contributed by atoms with E-state index < -0.39 is 17.3 Å². The summed E-state index contributed by atoms with van der Waals surface area (Å²) in [6.07, 6.45) is 3.06. The van der Waals surface area contributed by atoms with Gasteiger partial charge in [0.1, 0.15) is 11.2 Å². The number of carbonyl (C=O) groups is 2. The first-order chi connectivity index (χ1) is 12.8. The second-order valence-corrected chi connectivity index (χ2v) is 8.32. The first kappa shape index (κ1) is 18.0. The molecule has 4 rings (SSSR count). The maximum atomic E-state index is 12.9. The molecule has 2 aliphatic heterocycles. The fraction of sp³-hybridized carbons (Fsp3) is 0.684. The highest BCUT2D eigenvalue weighted by Crippen LogP contribution is 2.46. The van der Waals surface area contributed by atoms with Crippen LogP contribution in [0.1, 0.15) is 25.5 Å². The highest BCUT2D eigenvalue weighted by molar-refractivity contribution is 5.93. The normalized spacial score (nSPS) is 27.2. The van der Waals surface area contributed by atoms with Crippen LogP contribution in [0.3, 0.4) is 0 Å². The molecule has 2 atom stereocenters. The minimum Gasteiger partial charge on any atom is -0.481 e. The molecule has 3 aliphatic rings. The molecule has 27 heavy (non-hydrogen) atoms. The summed E-state index contributed by atoms with van der Waals surface area (Å²) < 4.78 is 0. The van der Waals surface area contributed by atoms with E-state index in [0.717, 1.165) is 25.0 Å². The number of nitrogens with zero attached hydrogens (tertiary/aromatic N) is 5. The molecule has 1 aliphatic carbocycles. The Morgan fingerprint density at radius 1 is 1.33 bits per heavy atom. The lowest BCUT2D eigenvalue weighted by Gasteiger charge is -2.26. The van der Waals surface area contributed by atoms with Gasteiger partial charge in [-0.3, -0.25) is 9.59 Å². The number of carboxylic acids is 1. The number of hydrogen-bond acceptors (Lipinski definition) is 6. The SMILES string of the molecule is CCc1cc(N2C[C@H]3C(=O)N(CC4CC4)C[C@@]3(C(=O)O)C2)nc(N(C)C)n1. The molecule has 0 unspecified atom stereocenters. The summed E-state index contributed by atoms with van der Waals surface area (Å²) >= 11 is 0. The third-order valence-corrected chi connectivity index (χ3v) is 6.07. The van der Waals surface area contributed by atoms with E-state index in [1.807, 2.05) is 36.9 Å². The van der Waals surface area contributed by atoms with Crippen molar-refractivity contribution in [2.75, 3.05) is 50.1 Å². The van der Waals surface area contributed by atoms with Crippen LogP contribution >= 0.6 is 0 Å². The second kappa shape index (κ2) is 6.35. The van der Waals surface area contributed by atoms with Crippen molar-refractivity contribution in [1.82, 2.24) is 14.9 Å². The molecule has 2 saturated heterocycles. The Bertz CT molecular complexity index is 779. The maximum Gasteiger partial charge on any atom is 0.314 e. The van der Waals surface area contributed by atoms with Crippen LogP contribution in [-0.4, -0.2) is 72.1 Å². The van der Waals surface area contributed by atoms with Gasteiger partial charge in [-0.25, -0.2) is 4.98 Å². The van der Waals surface area contributed by atoms with E-state index in [0.29, 0.717) is 43.9 Å². The Labute approximate surface area is 159 Å². The van der Waals surface area contributed by atoms with Gasteiger partial charge < -0.3 is 19.8 Å². The van der Waals surface area contributed by atoms with Gasteiger partial charge in [0.05, 0.1) is 5.92 Å². The van der Waals surface area contributed by atoms with Gasteiger partial charge in [-0.15, -0.1) is 0 Å². The molecule has 3 fully saturated rings. The molecule has 8 nitrogen and oxygen atoms in total. The van der Waals surface area contributed by atoms with Crippen molar-refractivity contribution in [3.8, 4) is 0 Å². The molecule has 0 bridgehead atoms. The van der Waals surface area contributed by atoms with Crippen LogP contribution in [0.25, 0.3) is 0 Å². The average molecular weight is 373 g/mol. The maximum absolute atomic E-state index is 12.9. The molecular formula is C19H27N5O3. The fourth-order valence-corrected chi connectivity index (χ4v) is 4.26. The first-order valence-electron chi connectivity index (χ1n) is 9.66. The predicted octanol–water partition coefficient (Wildman–Crippen LogP) is 0.864. The molecule has 1 aromatic rings. The van der Waals surface area contributed by atoms with Crippen molar-refractivity contribution in [2.45, 2.75) is 26.2 Å².